The Labute approximate surface area is 127 Å². The maximum Gasteiger partial charge on any atom is 0.319 e. The second-order valence-corrected chi connectivity index (χ2v) is 6.05. The van der Waals surface area contributed by atoms with E-state index in [-0.39, 0.29) is 12.1 Å². The maximum atomic E-state index is 12.0. The number of hydrogen-bond acceptors (Lipinski definition) is 2. The number of carbonyl (C=O) groups is 1. The minimum absolute atomic E-state index is 0.0951. The summed E-state index contributed by atoms with van der Waals surface area (Å²) >= 11 is 0. The molecule has 1 aliphatic heterocycles. The summed E-state index contributed by atoms with van der Waals surface area (Å²) in [5.74, 6) is 0. The fourth-order valence-electron chi connectivity index (χ4n) is 2.74. The van der Waals surface area contributed by atoms with E-state index in [2.05, 4.69) is 48.4 Å². The molecule has 1 aromatic rings. The van der Waals surface area contributed by atoms with Crippen molar-refractivity contribution in [1.29, 1.82) is 0 Å². The molecule has 0 unspecified atom stereocenters. The van der Waals surface area contributed by atoms with Gasteiger partial charge < -0.3 is 15.5 Å². The number of piperidine rings is 1. The van der Waals surface area contributed by atoms with E-state index in [9.17, 15) is 4.79 Å². The van der Waals surface area contributed by atoms with E-state index in [0.717, 1.165) is 38.0 Å². The van der Waals surface area contributed by atoms with Crippen LogP contribution < -0.4 is 10.6 Å². The molecule has 2 N–H and O–H groups in total. The number of rotatable bonds is 4. The molecule has 1 heterocycles. The number of aryl methyl sites for hydroxylation is 1. The third-order valence-electron chi connectivity index (χ3n) is 4.22. The molecule has 4 heteroatoms. The largest absolute Gasteiger partial charge is 0.335 e. The third kappa shape index (κ3) is 4.74. The smallest absolute Gasteiger partial charge is 0.319 e. The molecule has 0 aromatic heterocycles. The average Bonchev–Trinajstić information content (AvgIpc) is 2.48. The molecule has 4 nitrogen and oxygen atoms in total. The van der Waals surface area contributed by atoms with E-state index >= 15 is 0 Å². The lowest BCUT2D eigenvalue weighted by Crippen LogP contribution is -2.47. The van der Waals surface area contributed by atoms with Gasteiger partial charge in [-0.2, -0.15) is 0 Å². The topological polar surface area (TPSA) is 44.4 Å². The number of carbonyl (C=O) groups excluding carboxylic acids is 1. The van der Waals surface area contributed by atoms with Crippen LogP contribution in [0.4, 0.5) is 10.5 Å². The quantitative estimate of drug-likeness (QED) is 0.893. The van der Waals surface area contributed by atoms with E-state index in [4.69, 9.17) is 0 Å². The van der Waals surface area contributed by atoms with Gasteiger partial charge in [0.1, 0.15) is 0 Å². The summed E-state index contributed by atoms with van der Waals surface area (Å²) in [5.41, 5.74) is 2.13. The Kier molecular flexibility index (Phi) is 5.62. The highest BCUT2D eigenvalue weighted by Crippen LogP contribution is 2.14. The highest BCUT2D eigenvalue weighted by atomic mass is 16.2. The van der Waals surface area contributed by atoms with Gasteiger partial charge in [0.25, 0.3) is 0 Å². The highest BCUT2D eigenvalue weighted by Gasteiger charge is 2.21. The Morgan fingerprint density at radius 1 is 1.24 bits per heavy atom. The molecule has 1 aliphatic rings. The summed E-state index contributed by atoms with van der Waals surface area (Å²) < 4.78 is 0. The molecule has 2 rings (SSSR count). The summed E-state index contributed by atoms with van der Waals surface area (Å²) in [7, 11) is 0. The predicted octanol–water partition coefficient (Wildman–Crippen LogP) is 3.24. The molecular formula is C17H27N3O. The third-order valence-corrected chi connectivity index (χ3v) is 4.22. The van der Waals surface area contributed by atoms with Gasteiger partial charge >= 0.3 is 6.03 Å². The molecular weight excluding hydrogens is 262 g/mol. The van der Waals surface area contributed by atoms with Crippen molar-refractivity contribution in [3.8, 4) is 0 Å². The number of urea groups is 1. The molecule has 1 aromatic carbocycles. The maximum absolute atomic E-state index is 12.0. The molecule has 0 atom stereocenters. The molecule has 1 saturated heterocycles. The SMILES string of the molecule is CCc1ccc(NC(=O)NC2CCN(C(C)C)CC2)cc1. The Balaban J connectivity index is 1.77. The number of hydrogen-bond donors (Lipinski definition) is 2. The zero-order valence-electron chi connectivity index (χ0n) is 13.4. The van der Waals surface area contributed by atoms with Gasteiger partial charge in [-0.15, -0.1) is 0 Å². The van der Waals surface area contributed by atoms with Crippen LogP contribution in [0.2, 0.25) is 0 Å². The van der Waals surface area contributed by atoms with Gasteiger partial charge in [-0.3, -0.25) is 0 Å². The Morgan fingerprint density at radius 2 is 1.86 bits per heavy atom. The van der Waals surface area contributed by atoms with Crippen LogP contribution in [-0.2, 0) is 6.42 Å². The predicted molar refractivity (Wildman–Crippen MR) is 87.7 cm³/mol. The minimum atomic E-state index is -0.0951. The van der Waals surface area contributed by atoms with Crippen molar-refractivity contribution >= 4 is 11.7 Å². The van der Waals surface area contributed by atoms with Crippen LogP contribution >= 0.6 is 0 Å². The van der Waals surface area contributed by atoms with Crippen LogP contribution in [0.3, 0.4) is 0 Å². The molecule has 21 heavy (non-hydrogen) atoms. The highest BCUT2D eigenvalue weighted by molar-refractivity contribution is 5.89. The first-order chi connectivity index (χ1) is 10.1. The number of amides is 2. The van der Waals surface area contributed by atoms with Gasteiger partial charge in [0.2, 0.25) is 0 Å². The van der Waals surface area contributed by atoms with Crippen LogP contribution in [0.5, 0.6) is 0 Å². The van der Waals surface area contributed by atoms with Crippen molar-refractivity contribution in [3.63, 3.8) is 0 Å². The number of nitrogens with one attached hydrogen (secondary N) is 2. The normalized spacial score (nSPS) is 17.0. The van der Waals surface area contributed by atoms with Crippen molar-refractivity contribution in [1.82, 2.24) is 10.2 Å². The first-order valence-corrected chi connectivity index (χ1v) is 7.99. The van der Waals surface area contributed by atoms with Gasteiger partial charge in [0.15, 0.2) is 0 Å². The zero-order valence-corrected chi connectivity index (χ0v) is 13.4. The summed E-state index contributed by atoms with van der Waals surface area (Å²) in [6.45, 7) is 8.70. The second kappa shape index (κ2) is 7.46. The van der Waals surface area contributed by atoms with Gasteiger partial charge in [0, 0.05) is 30.9 Å². The zero-order chi connectivity index (χ0) is 15.2. The minimum Gasteiger partial charge on any atom is -0.335 e. The fourth-order valence-corrected chi connectivity index (χ4v) is 2.74. The van der Waals surface area contributed by atoms with Crippen LogP contribution in [-0.4, -0.2) is 36.1 Å². The first-order valence-electron chi connectivity index (χ1n) is 7.99. The summed E-state index contributed by atoms with van der Waals surface area (Å²) in [6, 6.07) is 8.81. The van der Waals surface area contributed by atoms with E-state index in [1.54, 1.807) is 0 Å². The molecule has 116 valence electrons. The van der Waals surface area contributed by atoms with Crippen LogP contribution in [0.1, 0.15) is 39.2 Å². The lowest BCUT2D eigenvalue weighted by Gasteiger charge is -2.34. The Hall–Kier alpha value is -1.55. The lowest BCUT2D eigenvalue weighted by molar-refractivity contribution is 0.163. The molecule has 0 bridgehead atoms. The van der Waals surface area contributed by atoms with Crippen molar-refractivity contribution in [2.24, 2.45) is 0 Å². The number of benzene rings is 1. The monoisotopic (exact) mass is 289 g/mol. The van der Waals surface area contributed by atoms with Crippen molar-refractivity contribution < 1.29 is 4.79 Å². The fraction of sp³-hybridized carbons (Fsp3) is 0.588. The van der Waals surface area contributed by atoms with Crippen LogP contribution in [0, 0.1) is 0 Å². The summed E-state index contributed by atoms with van der Waals surface area (Å²) in [4.78, 5) is 14.5. The number of anilines is 1. The number of likely N-dealkylation sites (tertiary alicyclic amines) is 1. The average molecular weight is 289 g/mol. The molecule has 0 aliphatic carbocycles. The lowest BCUT2D eigenvalue weighted by atomic mass is 10.0. The van der Waals surface area contributed by atoms with E-state index in [1.165, 1.54) is 5.56 Å². The molecule has 0 spiro atoms. The Morgan fingerprint density at radius 3 is 2.38 bits per heavy atom. The van der Waals surface area contributed by atoms with E-state index < -0.39 is 0 Å². The molecule has 1 fully saturated rings. The standard InChI is InChI=1S/C17H27N3O/c1-4-14-5-7-15(8-6-14)18-17(21)19-16-9-11-20(12-10-16)13(2)3/h5-8,13,16H,4,9-12H2,1-3H3,(H2,18,19,21). The van der Waals surface area contributed by atoms with Gasteiger partial charge in [-0.05, 0) is 50.8 Å². The van der Waals surface area contributed by atoms with Crippen molar-refractivity contribution in [2.45, 2.75) is 52.1 Å². The van der Waals surface area contributed by atoms with E-state index in [1.807, 2.05) is 12.1 Å². The first kappa shape index (κ1) is 15.8. The van der Waals surface area contributed by atoms with Crippen molar-refractivity contribution in [3.05, 3.63) is 29.8 Å². The van der Waals surface area contributed by atoms with Gasteiger partial charge in [-0.1, -0.05) is 19.1 Å². The van der Waals surface area contributed by atoms with Crippen LogP contribution in [0.15, 0.2) is 24.3 Å². The van der Waals surface area contributed by atoms with Gasteiger partial charge in [0.05, 0.1) is 0 Å². The van der Waals surface area contributed by atoms with E-state index in [0.29, 0.717) is 6.04 Å². The molecule has 2 amide bonds. The van der Waals surface area contributed by atoms with Crippen LogP contribution in [0.25, 0.3) is 0 Å². The second-order valence-electron chi connectivity index (χ2n) is 6.05. The number of nitrogens with zero attached hydrogens (tertiary/aromatic N) is 1. The molecule has 0 radical (unpaired) electrons. The Bertz CT molecular complexity index is 448. The summed E-state index contributed by atoms with van der Waals surface area (Å²) in [6.07, 6.45) is 3.07. The molecule has 0 saturated carbocycles. The van der Waals surface area contributed by atoms with Crippen molar-refractivity contribution in [2.75, 3.05) is 18.4 Å². The van der Waals surface area contributed by atoms with Gasteiger partial charge in [-0.25, -0.2) is 4.79 Å². The summed E-state index contributed by atoms with van der Waals surface area (Å²) in [5, 5.41) is 5.99.